The van der Waals surface area contributed by atoms with Crippen LogP contribution in [0, 0.1) is 0 Å². The first-order chi connectivity index (χ1) is 14.3. The highest BCUT2D eigenvalue weighted by atomic mass is 16.1. The second-order valence-electron chi connectivity index (χ2n) is 8.08. The molecule has 3 heterocycles. The second kappa shape index (κ2) is 7.94. The van der Waals surface area contributed by atoms with E-state index in [9.17, 15) is 4.79 Å². The third-order valence-electron chi connectivity index (χ3n) is 6.33. The van der Waals surface area contributed by atoms with Crippen LogP contribution in [0.25, 0.3) is 10.9 Å². The van der Waals surface area contributed by atoms with Gasteiger partial charge in [0.2, 0.25) is 0 Å². The second-order valence-corrected chi connectivity index (χ2v) is 8.08. The molecule has 3 aromatic rings. The van der Waals surface area contributed by atoms with Crippen molar-refractivity contribution >= 4 is 16.6 Å². The first-order valence-corrected chi connectivity index (χ1v) is 10.6. The summed E-state index contributed by atoms with van der Waals surface area (Å²) in [6, 6.07) is 6.43. The third-order valence-corrected chi connectivity index (χ3v) is 6.33. The Morgan fingerprint density at radius 2 is 1.83 bits per heavy atom. The van der Waals surface area contributed by atoms with Crippen LogP contribution in [-0.2, 0) is 6.54 Å². The maximum Gasteiger partial charge on any atom is 0.261 e. The zero-order valence-corrected chi connectivity index (χ0v) is 16.7. The molecule has 0 spiro atoms. The van der Waals surface area contributed by atoms with Gasteiger partial charge in [0.1, 0.15) is 12.7 Å². The molecule has 1 aliphatic heterocycles. The fourth-order valence-corrected chi connectivity index (χ4v) is 4.58. The lowest BCUT2D eigenvalue weighted by atomic mass is 10.1. The normalized spacial score (nSPS) is 18.7. The van der Waals surface area contributed by atoms with E-state index in [1.165, 1.54) is 12.8 Å². The Hall–Kier alpha value is -2.74. The van der Waals surface area contributed by atoms with Crippen molar-refractivity contribution in [3.8, 4) is 0 Å². The molecule has 1 aliphatic carbocycles. The summed E-state index contributed by atoms with van der Waals surface area (Å²) in [6.45, 7) is 5.83. The van der Waals surface area contributed by atoms with Gasteiger partial charge in [-0.2, -0.15) is 5.10 Å². The van der Waals surface area contributed by atoms with Crippen molar-refractivity contribution in [2.45, 2.75) is 38.3 Å². The van der Waals surface area contributed by atoms with E-state index in [0.29, 0.717) is 6.04 Å². The van der Waals surface area contributed by atoms with Gasteiger partial charge in [0.15, 0.2) is 0 Å². The summed E-state index contributed by atoms with van der Waals surface area (Å²) in [5.41, 5.74) is 2.06. The Bertz CT molecular complexity index is 1020. The van der Waals surface area contributed by atoms with E-state index in [2.05, 4.69) is 37.0 Å². The highest BCUT2D eigenvalue weighted by Crippen LogP contribution is 2.28. The van der Waals surface area contributed by atoms with Gasteiger partial charge in [-0.25, -0.2) is 9.97 Å². The Morgan fingerprint density at radius 3 is 2.59 bits per heavy atom. The maximum absolute atomic E-state index is 12.9. The molecule has 152 valence electrons. The molecule has 0 radical (unpaired) electrons. The van der Waals surface area contributed by atoms with E-state index >= 15 is 0 Å². The van der Waals surface area contributed by atoms with Gasteiger partial charge in [0.05, 0.1) is 23.8 Å². The zero-order chi connectivity index (χ0) is 19.6. The molecule has 2 aromatic heterocycles. The van der Waals surface area contributed by atoms with Crippen LogP contribution in [0.15, 0.2) is 42.0 Å². The van der Waals surface area contributed by atoms with E-state index in [4.69, 9.17) is 0 Å². The zero-order valence-electron chi connectivity index (χ0n) is 16.7. The highest BCUT2D eigenvalue weighted by Gasteiger charge is 2.20. The molecule has 0 bridgehead atoms. The molecule has 1 aromatic carbocycles. The molecule has 5 rings (SSSR count). The standard InChI is InChI=1S/C21H27N7O/c29-21-19-6-5-18(13-20(19)23-16-28(21)17-3-1-2-4-17)26-10-7-25(8-11-26)9-12-27-15-22-14-24-27/h5-6,13-17H,1-4,7-12H2. The summed E-state index contributed by atoms with van der Waals surface area (Å²) in [5.74, 6) is 0. The van der Waals surface area contributed by atoms with E-state index < -0.39 is 0 Å². The summed E-state index contributed by atoms with van der Waals surface area (Å²) in [4.78, 5) is 26.4. The largest absolute Gasteiger partial charge is 0.369 e. The number of hydrogen-bond acceptors (Lipinski definition) is 6. The van der Waals surface area contributed by atoms with Gasteiger partial charge in [-0.1, -0.05) is 12.8 Å². The first-order valence-electron chi connectivity index (χ1n) is 10.6. The molecule has 1 saturated carbocycles. The Labute approximate surface area is 169 Å². The summed E-state index contributed by atoms with van der Waals surface area (Å²) in [6.07, 6.45) is 9.69. The summed E-state index contributed by atoms with van der Waals surface area (Å²) < 4.78 is 3.72. The Balaban J connectivity index is 1.26. The van der Waals surface area contributed by atoms with Gasteiger partial charge >= 0.3 is 0 Å². The van der Waals surface area contributed by atoms with Crippen LogP contribution >= 0.6 is 0 Å². The smallest absolute Gasteiger partial charge is 0.261 e. The molecular weight excluding hydrogens is 366 g/mol. The van der Waals surface area contributed by atoms with Crippen molar-refractivity contribution in [3.63, 3.8) is 0 Å². The molecule has 0 atom stereocenters. The Kier molecular flexibility index (Phi) is 5.01. The van der Waals surface area contributed by atoms with Gasteiger partial charge in [0, 0.05) is 44.5 Å². The predicted octanol–water partition coefficient (Wildman–Crippen LogP) is 1.93. The quantitative estimate of drug-likeness (QED) is 0.660. The van der Waals surface area contributed by atoms with Crippen molar-refractivity contribution in [2.75, 3.05) is 37.6 Å². The molecule has 1 saturated heterocycles. The number of nitrogens with zero attached hydrogens (tertiary/aromatic N) is 7. The summed E-state index contributed by atoms with van der Waals surface area (Å²) in [5, 5.41) is 4.90. The van der Waals surface area contributed by atoms with Crippen LogP contribution in [0.5, 0.6) is 0 Å². The van der Waals surface area contributed by atoms with Crippen LogP contribution in [0.4, 0.5) is 5.69 Å². The minimum Gasteiger partial charge on any atom is -0.369 e. The van der Waals surface area contributed by atoms with Crippen molar-refractivity contribution in [3.05, 3.63) is 47.5 Å². The van der Waals surface area contributed by atoms with Crippen molar-refractivity contribution in [2.24, 2.45) is 0 Å². The SMILES string of the molecule is O=c1c2ccc(N3CCN(CCn4cncn4)CC3)cc2ncn1C1CCCC1. The predicted molar refractivity (Wildman–Crippen MR) is 112 cm³/mol. The van der Waals surface area contributed by atoms with Crippen LogP contribution in [0.2, 0.25) is 0 Å². The lowest BCUT2D eigenvalue weighted by molar-refractivity contribution is 0.244. The Morgan fingerprint density at radius 1 is 1.00 bits per heavy atom. The van der Waals surface area contributed by atoms with E-state index in [0.717, 1.165) is 68.7 Å². The third kappa shape index (κ3) is 3.76. The number of anilines is 1. The number of aromatic nitrogens is 5. The summed E-state index contributed by atoms with van der Waals surface area (Å²) >= 11 is 0. The van der Waals surface area contributed by atoms with Crippen molar-refractivity contribution in [1.29, 1.82) is 0 Å². The van der Waals surface area contributed by atoms with Crippen molar-refractivity contribution in [1.82, 2.24) is 29.2 Å². The fourth-order valence-electron chi connectivity index (χ4n) is 4.58. The lowest BCUT2D eigenvalue weighted by Gasteiger charge is -2.36. The molecule has 2 fully saturated rings. The molecule has 0 amide bonds. The number of hydrogen-bond donors (Lipinski definition) is 0. The van der Waals surface area contributed by atoms with E-state index in [1.807, 2.05) is 15.3 Å². The highest BCUT2D eigenvalue weighted by molar-refractivity contribution is 5.81. The molecular formula is C21H27N7O. The number of benzene rings is 1. The minimum atomic E-state index is 0.103. The number of piperazine rings is 1. The van der Waals surface area contributed by atoms with Crippen LogP contribution in [-0.4, -0.2) is 61.9 Å². The fraction of sp³-hybridized carbons (Fsp3) is 0.524. The average molecular weight is 393 g/mol. The topological polar surface area (TPSA) is 72.1 Å². The summed E-state index contributed by atoms with van der Waals surface area (Å²) in [7, 11) is 0. The van der Waals surface area contributed by atoms with Gasteiger partial charge in [-0.15, -0.1) is 0 Å². The lowest BCUT2D eigenvalue weighted by Crippen LogP contribution is -2.47. The van der Waals surface area contributed by atoms with Crippen molar-refractivity contribution < 1.29 is 0 Å². The number of fused-ring (bicyclic) bond motifs is 1. The van der Waals surface area contributed by atoms with Gasteiger partial charge in [0.25, 0.3) is 5.56 Å². The molecule has 0 N–H and O–H groups in total. The number of rotatable bonds is 5. The minimum absolute atomic E-state index is 0.103. The van der Waals surface area contributed by atoms with Gasteiger partial charge < -0.3 is 4.90 Å². The molecule has 29 heavy (non-hydrogen) atoms. The molecule has 2 aliphatic rings. The first kappa shape index (κ1) is 18.3. The van der Waals surface area contributed by atoms with Crippen LogP contribution < -0.4 is 10.5 Å². The van der Waals surface area contributed by atoms with E-state index in [-0.39, 0.29) is 5.56 Å². The molecule has 8 heteroatoms. The maximum atomic E-state index is 12.9. The van der Waals surface area contributed by atoms with E-state index in [1.54, 1.807) is 19.0 Å². The van der Waals surface area contributed by atoms with Crippen LogP contribution in [0.3, 0.4) is 0 Å². The average Bonchev–Trinajstić information content (AvgIpc) is 3.47. The van der Waals surface area contributed by atoms with Gasteiger partial charge in [-0.3, -0.25) is 18.9 Å². The molecule has 8 nitrogen and oxygen atoms in total. The van der Waals surface area contributed by atoms with Crippen LogP contribution in [0.1, 0.15) is 31.7 Å². The monoisotopic (exact) mass is 393 g/mol. The molecule has 0 unspecified atom stereocenters. The van der Waals surface area contributed by atoms with Gasteiger partial charge in [-0.05, 0) is 31.0 Å².